The lowest BCUT2D eigenvalue weighted by atomic mass is 10.1. The molecule has 2 heterocycles. The molecule has 1 aromatic carbocycles. The van der Waals surface area contributed by atoms with E-state index in [1.807, 2.05) is 36.6 Å². The van der Waals surface area contributed by atoms with Crippen LogP contribution in [-0.2, 0) is 9.59 Å². The number of hydrogen-bond donors (Lipinski definition) is 1. The van der Waals surface area contributed by atoms with Gasteiger partial charge in [0.2, 0.25) is 5.91 Å². The number of fused-ring (bicyclic) bond motifs is 1. The largest absolute Gasteiger partial charge is 0.321 e. The van der Waals surface area contributed by atoms with Crippen molar-refractivity contribution in [1.82, 2.24) is 4.98 Å². The van der Waals surface area contributed by atoms with Crippen molar-refractivity contribution in [3.63, 3.8) is 0 Å². The summed E-state index contributed by atoms with van der Waals surface area (Å²) >= 11 is 1.39. The van der Waals surface area contributed by atoms with Crippen LogP contribution >= 0.6 is 11.3 Å². The molecular weight excluding hydrogens is 298 g/mol. The Hall–Kier alpha value is -2.47. The Morgan fingerprint density at radius 2 is 2.18 bits per heavy atom. The Labute approximate surface area is 132 Å². The van der Waals surface area contributed by atoms with Gasteiger partial charge in [0, 0.05) is 30.1 Å². The van der Waals surface area contributed by atoms with Crippen LogP contribution < -0.4 is 10.2 Å². The quantitative estimate of drug-likeness (QED) is 0.886. The minimum atomic E-state index is -0.130. The van der Waals surface area contributed by atoms with Crippen LogP contribution in [0.25, 0.3) is 11.6 Å². The molecule has 0 bridgehead atoms. The van der Waals surface area contributed by atoms with Gasteiger partial charge in [-0.3, -0.25) is 14.5 Å². The molecule has 5 nitrogen and oxygen atoms in total. The van der Waals surface area contributed by atoms with Gasteiger partial charge in [-0.2, -0.15) is 0 Å². The molecule has 3 rings (SSSR count). The summed E-state index contributed by atoms with van der Waals surface area (Å²) in [6.07, 6.45) is 1.76. The molecule has 0 fully saturated rings. The van der Waals surface area contributed by atoms with Crippen molar-refractivity contribution < 1.29 is 9.59 Å². The number of carbonyl (C=O) groups excluding carboxylic acids is 2. The van der Waals surface area contributed by atoms with Crippen LogP contribution in [0.4, 0.5) is 10.8 Å². The summed E-state index contributed by atoms with van der Waals surface area (Å²) in [5.74, 6) is -0.172. The number of hydrogen-bond acceptors (Lipinski definition) is 4. The van der Waals surface area contributed by atoms with Gasteiger partial charge in [0.15, 0.2) is 5.13 Å². The van der Waals surface area contributed by atoms with Crippen LogP contribution in [0.5, 0.6) is 0 Å². The zero-order chi connectivity index (χ0) is 15.7. The Balaban J connectivity index is 1.95. The lowest BCUT2D eigenvalue weighted by molar-refractivity contribution is -0.116. The molecule has 0 unspecified atom stereocenters. The number of carbonyl (C=O) groups is 2. The zero-order valence-electron chi connectivity index (χ0n) is 12.3. The molecule has 1 aliphatic heterocycles. The number of thiazole rings is 1. The minimum Gasteiger partial charge on any atom is -0.321 e. The second kappa shape index (κ2) is 5.73. The maximum absolute atomic E-state index is 12.1. The third-order valence-electron chi connectivity index (χ3n) is 3.44. The molecule has 2 aromatic rings. The van der Waals surface area contributed by atoms with Crippen LogP contribution in [0.15, 0.2) is 29.6 Å². The first-order valence-corrected chi connectivity index (χ1v) is 7.84. The molecule has 0 saturated heterocycles. The maximum atomic E-state index is 12.1. The molecule has 112 valence electrons. The van der Waals surface area contributed by atoms with Gasteiger partial charge in [-0.15, -0.1) is 11.3 Å². The average molecular weight is 313 g/mol. The first kappa shape index (κ1) is 14.5. The summed E-state index contributed by atoms with van der Waals surface area (Å²) in [6.45, 7) is 3.99. The van der Waals surface area contributed by atoms with Crippen LogP contribution in [0, 0.1) is 0 Å². The molecule has 2 amide bonds. The van der Waals surface area contributed by atoms with E-state index in [0.29, 0.717) is 22.9 Å². The highest BCUT2D eigenvalue weighted by atomic mass is 32.1. The van der Waals surface area contributed by atoms with Crippen LogP contribution in [0.2, 0.25) is 0 Å². The first-order valence-electron chi connectivity index (χ1n) is 6.96. The summed E-state index contributed by atoms with van der Waals surface area (Å²) in [6, 6.07) is 7.55. The lowest BCUT2D eigenvalue weighted by Gasteiger charge is -2.14. The first-order chi connectivity index (χ1) is 10.6. The molecule has 0 atom stereocenters. The predicted molar refractivity (Wildman–Crippen MR) is 88.8 cm³/mol. The fraction of sp³-hybridized carbons (Fsp3) is 0.188. The fourth-order valence-corrected chi connectivity index (χ4v) is 3.28. The van der Waals surface area contributed by atoms with Gasteiger partial charge in [-0.25, -0.2) is 4.98 Å². The fourth-order valence-electron chi connectivity index (χ4n) is 2.39. The van der Waals surface area contributed by atoms with E-state index in [-0.39, 0.29) is 11.8 Å². The Kier molecular flexibility index (Phi) is 3.77. The summed E-state index contributed by atoms with van der Waals surface area (Å²) in [5, 5.41) is 5.33. The molecule has 0 spiro atoms. The maximum Gasteiger partial charge on any atom is 0.256 e. The predicted octanol–water partition coefficient (Wildman–Crippen LogP) is 3.01. The molecular formula is C16H15N3O2S. The van der Waals surface area contributed by atoms with Crippen molar-refractivity contribution >= 4 is 45.6 Å². The minimum absolute atomic E-state index is 0.0417. The highest BCUT2D eigenvalue weighted by Crippen LogP contribution is 2.33. The highest BCUT2D eigenvalue weighted by Gasteiger charge is 2.24. The van der Waals surface area contributed by atoms with Gasteiger partial charge in [0.25, 0.3) is 5.91 Å². The van der Waals surface area contributed by atoms with E-state index >= 15 is 0 Å². The van der Waals surface area contributed by atoms with Crippen molar-refractivity contribution in [2.45, 2.75) is 13.8 Å². The highest BCUT2D eigenvalue weighted by molar-refractivity contribution is 7.14. The topological polar surface area (TPSA) is 62.3 Å². The van der Waals surface area contributed by atoms with E-state index in [1.54, 1.807) is 11.0 Å². The molecule has 0 aliphatic carbocycles. The molecule has 0 radical (unpaired) electrons. The number of para-hydroxylation sites is 1. The third kappa shape index (κ3) is 2.53. The second-order valence-electron chi connectivity index (χ2n) is 4.88. The number of nitrogens with zero attached hydrogens (tertiary/aromatic N) is 2. The Morgan fingerprint density at radius 3 is 2.91 bits per heavy atom. The van der Waals surface area contributed by atoms with E-state index < -0.39 is 0 Å². The van der Waals surface area contributed by atoms with Gasteiger partial charge in [-0.1, -0.05) is 18.2 Å². The van der Waals surface area contributed by atoms with Crippen LogP contribution in [-0.4, -0.2) is 23.3 Å². The number of nitrogens with one attached hydrogen (secondary N) is 1. The molecule has 1 aliphatic rings. The van der Waals surface area contributed by atoms with Gasteiger partial charge in [0.05, 0.1) is 11.3 Å². The third-order valence-corrected chi connectivity index (χ3v) is 4.32. The smallest absolute Gasteiger partial charge is 0.256 e. The van der Waals surface area contributed by atoms with Crippen molar-refractivity contribution in [2.24, 2.45) is 0 Å². The lowest BCUT2D eigenvalue weighted by Crippen LogP contribution is -2.27. The normalized spacial score (nSPS) is 14.8. The number of anilines is 2. The van der Waals surface area contributed by atoms with Crippen molar-refractivity contribution in [3.8, 4) is 0 Å². The monoisotopic (exact) mass is 313 g/mol. The van der Waals surface area contributed by atoms with Gasteiger partial charge in [-0.05, 0) is 19.1 Å². The van der Waals surface area contributed by atoms with Gasteiger partial charge >= 0.3 is 0 Å². The SMILES string of the molecule is CCN(C(C)=O)c1nc(C=C2C(=O)Nc3ccccc32)cs1. The molecule has 1 aromatic heterocycles. The number of aromatic nitrogens is 1. The van der Waals surface area contributed by atoms with Crippen LogP contribution in [0.1, 0.15) is 25.1 Å². The molecule has 22 heavy (non-hydrogen) atoms. The number of amides is 2. The average Bonchev–Trinajstić information content (AvgIpc) is 3.06. The second-order valence-corrected chi connectivity index (χ2v) is 5.71. The number of benzene rings is 1. The summed E-state index contributed by atoms with van der Waals surface area (Å²) in [5.41, 5.74) is 2.97. The van der Waals surface area contributed by atoms with Crippen molar-refractivity contribution in [3.05, 3.63) is 40.9 Å². The van der Waals surface area contributed by atoms with E-state index in [1.165, 1.54) is 18.3 Å². The Bertz CT molecular complexity index is 779. The van der Waals surface area contributed by atoms with Crippen molar-refractivity contribution in [2.75, 3.05) is 16.8 Å². The van der Waals surface area contributed by atoms with Crippen LogP contribution in [0.3, 0.4) is 0 Å². The van der Waals surface area contributed by atoms with Gasteiger partial charge < -0.3 is 5.32 Å². The molecule has 6 heteroatoms. The summed E-state index contributed by atoms with van der Waals surface area (Å²) in [7, 11) is 0. The van der Waals surface area contributed by atoms with E-state index in [9.17, 15) is 9.59 Å². The van der Waals surface area contributed by atoms with Gasteiger partial charge in [0.1, 0.15) is 0 Å². The van der Waals surface area contributed by atoms with E-state index in [4.69, 9.17) is 0 Å². The zero-order valence-corrected chi connectivity index (χ0v) is 13.1. The van der Waals surface area contributed by atoms with E-state index in [0.717, 1.165) is 11.3 Å². The molecule has 0 saturated carbocycles. The summed E-state index contributed by atoms with van der Waals surface area (Å²) in [4.78, 5) is 29.7. The summed E-state index contributed by atoms with van der Waals surface area (Å²) < 4.78 is 0. The molecule has 1 N–H and O–H groups in total. The number of rotatable bonds is 3. The standard InChI is InChI=1S/C16H15N3O2S/c1-3-19(10(2)20)16-17-11(9-22-16)8-13-12-6-4-5-7-14(12)18-15(13)21/h4-9H,3H2,1-2H3,(H,18,21). The van der Waals surface area contributed by atoms with E-state index in [2.05, 4.69) is 10.3 Å². The van der Waals surface area contributed by atoms with Crippen molar-refractivity contribution in [1.29, 1.82) is 0 Å². The Morgan fingerprint density at radius 1 is 1.41 bits per heavy atom.